The summed E-state index contributed by atoms with van der Waals surface area (Å²) >= 11 is 0. The molecule has 140 valence electrons. The molecule has 1 aliphatic heterocycles. The molecule has 3 rings (SSSR count). The number of hydrogen-bond donors (Lipinski definition) is 1. The number of nitrogens with two attached hydrogens (primary N) is 1. The molecule has 2 aromatic rings. The maximum absolute atomic E-state index is 5.95. The first-order valence-electron chi connectivity index (χ1n) is 8.93. The second kappa shape index (κ2) is 8.87. The lowest BCUT2D eigenvalue weighted by atomic mass is 10.1. The molecule has 1 aromatic carbocycles. The standard InChI is InChI=1S/C20H27N3O3/c1-24-17-6-4-16(19(12-17)25-2)13-23-9-10-26-18(14-23)5-3-15-7-8-22-20(21)11-15/h4,6-8,11-12,18H,3,5,9-10,13-14H2,1-2H3,(H2,21,22)/t18-/m1/s1. The van der Waals surface area contributed by atoms with Crippen molar-refractivity contribution in [3.05, 3.63) is 47.7 Å². The van der Waals surface area contributed by atoms with Crippen LogP contribution in [0, 0.1) is 0 Å². The highest BCUT2D eigenvalue weighted by molar-refractivity contribution is 5.40. The van der Waals surface area contributed by atoms with Gasteiger partial charge in [-0.2, -0.15) is 0 Å². The number of nitrogen functional groups attached to an aromatic ring is 1. The van der Waals surface area contributed by atoms with Crippen molar-refractivity contribution in [2.24, 2.45) is 0 Å². The van der Waals surface area contributed by atoms with Gasteiger partial charge < -0.3 is 19.9 Å². The number of nitrogens with zero attached hydrogens (tertiary/aromatic N) is 2. The van der Waals surface area contributed by atoms with Crippen LogP contribution in [0.1, 0.15) is 17.5 Å². The number of aryl methyl sites for hydroxylation is 1. The van der Waals surface area contributed by atoms with Crippen LogP contribution in [0.5, 0.6) is 11.5 Å². The minimum atomic E-state index is 0.224. The Hall–Kier alpha value is -2.31. The Labute approximate surface area is 154 Å². The zero-order valence-electron chi connectivity index (χ0n) is 15.5. The first kappa shape index (κ1) is 18.5. The van der Waals surface area contributed by atoms with E-state index in [0.29, 0.717) is 5.82 Å². The Morgan fingerprint density at radius 2 is 2.12 bits per heavy atom. The molecule has 1 fully saturated rings. The van der Waals surface area contributed by atoms with E-state index in [4.69, 9.17) is 19.9 Å². The van der Waals surface area contributed by atoms with E-state index in [1.54, 1.807) is 20.4 Å². The summed E-state index contributed by atoms with van der Waals surface area (Å²) in [5.41, 5.74) is 8.12. The Bertz CT molecular complexity index is 723. The van der Waals surface area contributed by atoms with Gasteiger partial charge >= 0.3 is 0 Å². The molecule has 26 heavy (non-hydrogen) atoms. The minimum Gasteiger partial charge on any atom is -0.497 e. The number of aromatic nitrogens is 1. The average Bonchev–Trinajstić information content (AvgIpc) is 2.67. The second-order valence-electron chi connectivity index (χ2n) is 6.53. The van der Waals surface area contributed by atoms with Gasteiger partial charge in [0.2, 0.25) is 0 Å². The predicted octanol–water partition coefficient (Wildman–Crippen LogP) is 2.51. The van der Waals surface area contributed by atoms with E-state index in [-0.39, 0.29) is 6.10 Å². The lowest BCUT2D eigenvalue weighted by molar-refractivity contribution is -0.0347. The van der Waals surface area contributed by atoms with Crippen molar-refractivity contribution in [1.82, 2.24) is 9.88 Å². The van der Waals surface area contributed by atoms with Crippen molar-refractivity contribution < 1.29 is 14.2 Å². The molecule has 0 amide bonds. The maximum atomic E-state index is 5.95. The van der Waals surface area contributed by atoms with Gasteiger partial charge in [-0.25, -0.2) is 4.98 Å². The monoisotopic (exact) mass is 357 g/mol. The molecule has 0 aliphatic carbocycles. The molecule has 1 aromatic heterocycles. The van der Waals surface area contributed by atoms with Crippen molar-refractivity contribution in [3.8, 4) is 11.5 Å². The molecule has 1 saturated heterocycles. The molecular weight excluding hydrogens is 330 g/mol. The van der Waals surface area contributed by atoms with Crippen LogP contribution in [0.3, 0.4) is 0 Å². The highest BCUT2D eigenvalue weighted by Gasteiger charge is 2.21. The maximum Gasteiger partial charge on any atom is 0.127 e. The van der Waals surface area contributed by atoms with Crippen molar-refractivity contribution in [3.63, 3.8) is 0 Å². The first-order valence-corrected chi connectivity index (χ1v) is 8.93. The minimum absolute atomic E-state index is 0.224. The van der Waals surface area contributed by atoms with Crippen molar-refractivity contribution >= 4 is 5.82 Å². The van der Waals surface area contributed by atoms with Crippen LogP contribution in [0.2, 0.25) is 0 Å². The fourth-order valence-electron chi connectivity index (χ4n) is 3.30. The van der Waals surface area contributed by atoms with E-state index in [1.807, 2.05) is 24.3 Å². The van der Waals surface area contributed by atoms with E-state index in [1.165, 1.54) is 5.56 Å². The average molecular weight is 357 g/mol. The first-order chi connectivity index (χ1) is 12.7. The van der Waals surface area contributed by atoms with Crippen molar-refractivity contribution in [1.29, 1.82) is 0 Å². The highest BCUT2D eigenvalue weighted by Crippen LogP contribution is 2.26. The fourth-order valence-corrected chi connectivity index (χ4v) is 3.30. The lowest BCUT2D eigenvalue weighted by Crippen LogP contribution is -2.42. The number of morpholine rings is 1. The second-order valence-corrected chi connectivity index (χ2v) is 6.53. The SMILES string of the molecule is COc1ccc(CN2CCO[C@H](CCc3ccnc(N)c3)C2)c(OC)c1. The Morgan fingerprint density at radius 1 is 1.23 bits per heavy atom. The van der Waals surface area contributed by atoms with Gasteiger partial charge in [0.15, 0.2) is 0 Å². The number of hydrogen-bond acceptors (Lipinski definition) is 6. The van der Waals surface area contributed by atoms with Gasteiger partial charge in [0.25, 0.3) is 0 Å². The molecule has 0 saturated carbocycles. The van der Waals surface area contributed by atoms with Gasteiger partial charge in [-0.15, -0.1) is 0 Å². The molecule has 1 atom stereocenters. The van der Waals surface area contributed by atoms with Crippen LogP contribution < -0.4 is 15.2 Å². The number of methoxy groups -OCH3 is 2. The van der Waals surface area contributed by atoms with E-state index < -0.39 is 0 Å². The molecule has 0 spiro atoms. The number of rotatable bonds is 7. The molecule has 0 radical (unpaired) electrons. The zero-order valence-corrected chi connectivity index (χ0v) is 15.5. The molecule has 2 N–H and O–H groups in total. The molecule has 0 unspecified atom stereocenters. The van der Waals surface area contributed by atoms with Gasteiger partial charge in [-0.05, 0) is 36.6 Å². The Balaban J connectivity index is 1.56. The zero-order chi connectivity index (χ0) is 18.4. The van der Waals surface area contributed by atoms with Gasteiger partial charge in [-0.1, -0.05) is 6.07 Å². The quantitative estimate of drug-likeness (QED) is 0.821. The van der Waals surface area contributed by atoms with Crippen LogP contribution in [-0.2, 0) is 17.7 Å². The van der Waals surface area contributed by atoms with Crippen LogP contribution >= 0.6 is 0 Å². The molecule has 6 heteroatoms. The number of pyridine rings is 1. The van der Waals surface area contributed by atoms with Gasteiger partial charge in [0.05, 0.1) is 26.9 Å². The summed E-state index contributed by atoms with van der Waals surface area (Å²) in [6.45, 7) is 3.43. The molecule has 1 aliphatic rings. The number of anilines is 1. The van der Waals surface area contributed by atoms with Crippen LogP contribution in [0.15, 0.2) is 36.5 Å². The van der Waals surface area contributed by atoms with Gasteiger partial charge in [0, 0.05) is 37.5 Å². The molecular formula is C20H27N3O3. The van der Waals surface area contributed by atoms with Crippen molar-refractivity contribution in [2.75, 3.05) is 39.6 Å². The third-order valence-electron chi connectivity index (χ3n) is 4.71. The van der Waals surface area contributed by atoms with Gasteiger partial charge in [-0.3, -0.25) is 4.90 Å². The highest BCUT2D eigenvalue weighted by atomic mass is 16.5. The van der Waals surface area contributed by atoms with E-state index in [0.717, 1.165) is 56.1 Å². The van der Waals surface area contributed by atoms with Crippen LogP contribution in [0.25, 0.3) is 0 Å². The van der Waals surface area contributed by atoms with Crippen molar-refractivity contribution in [2.45, 2.75) is 25.5 Å². The predicted molar refractivity (Wildman–Crippen MR) is 102 cm³/mol. The summed E-state index contributed by atoms with van der Waals surface area (Å²) in [5, 5.41) is 0. The van der Waals surface area contributed by atoms with E-state index in [2.05, 4.69) is 16.0 Å². The normalized spacial score (nSPS) is 17.8. The summed E-state index contributed by atoms with van der Waals surface area (Å²) in [6, 6.07) is 9.93. The van der Waals surface area contributed by atoms with E-state index in [9.17, 15) is 0 Å². The number of ether oxygens (including phenoxy) is 3. The van der Waals surface area contributed by atoms with Crippen LogP contribution in [-0.4, -0.2) is 49.9 Å². The summed E-state index contributed by atoms with van der Waals surface area (Å²) in [5.74, 6) is 2.24. The Morgan fingerprint density at radius 3 is 2.88 bits per heavy atom. The van der Waals surface area contributed by atoms with Gasteiger partial charge in [0.1, 0.15) is 17.3 Å². The lowest BCUT2D eigenvalue weighted by Gasteiger charge is -2.33. The smallest absolute Gasteiger partial charge is 0.127 e. The Kier molecular flexibility index (Phi) is 6.30. The molecule has 6 nitrogen and oxygen atoms in total. The fraction of sp³-hybridized carbons (Fsp3) is 0.450. The summed E-state index contributed by atoms with van der Waals surface area (Å²) in [4.78, 5) is 6.46. The molecule has 2 heterocycles. The largest absolute Gasteiger partial charge is 0.497 e. The summed E-state index contributed by atoms with van der Waals surface area (Å²) in [6.07, 6.45) is 3.90. The number of benzene rings is 1. The summed E-state index contributed by atoms with van der Waals surface area (Å²) in [7, 11) is 3.36. The molecule has 0 bridgehead atoms. The summed E-state index contributed by atoms with van der Waals surface area (Å²) < 4.78 is 16.7. The topological polar surface area (TPSA) is 69.8 Å². The third kappa shape index (κ3) is 4.86. The third-order valence-corrected chi connectivity index (χ3v) is 4.71. The van der Waals surface area contributed by atoms with Crippen LogP contribution in [0.4, 0.5) is 5.82 Å². The van der Waals surface area contributed by atoms with E-state index >= 15 is 0 Å².